The van der Waals surface area contributed by atoms with Gasteiger partial charge < -0.3 is 45.0 Å². The number of carboxylic acid groups (broad SMARTS) is 1. The number of ether oxygens (including phenoxy) is 4. The van der Waals surface area contributed by atoms with Gasteiger partial charge in [-0.05, 0) is 54.6 Å². The topological polar surface area (TPSA) is 162 Å². The van der Waals surface area contributed by atoms with Crippen molar-refractivity contribution in [1.82, 2.24) is 20.6 Å². The lowest BCUT2D eigenvalue weighted by molar-refractivity contribution is -0.138. The highest BCUT2D eigenvalue weighted by atomic mass is 16.5. The molecular formula is C28H55N4O9-. The molecule has 242 valence electrons. The van der Waals surface area contributed by atoms with Crippen LogP contribution in [0.4, 0.5) is 0 Å². The first-order valence-electron chi connectivity index (χ1n) is 14.2. The number of carboxylic acids is 1. The van der Waals surface area contributed by atoms with Gasteiger partial charge >= 0.3 is 5.97 Å². The van der Waals surface area contributed by atoms with Crippen molar-refractivity contribution >= 4 is 17.5 Å². The number of rotatable bonds is 27. The molecule has 0 aromatic rings. The van der Waals surface area contributed by atoms with Crippen molar-refractivity contribution in [3.8, 4) is 0 Å². The van der Waals surface area contributed by atoms with E-state index in [1.807, 2.05) is 20.8 Å². The molecule has 0 saturated carbocycles. The number of carbonyl (C=O) groups is 3. The van der Waals surface area contributed by atoms with E-state index in [0.29, 0.717) is 52.4 Å². The molecule has 0 aliphatic rings. The van der Waals surface area contributed by atoms with Crippen LogP contribution in [0.25, 0.3) is 0 Å². The van der Waals surface area contributed by atoms with E-state index in [9.17, 15) is 19.6 Å². The summed E-state index contributed by atoms with van der Waals surface area (Å²) in [5.41, 5.74) is -1.19. The van der Waals surface area contributed by atoms with Gasteiger partial charge in [0.15, 0.2) is 5.78 Å². The van der Waals surface area contributed by atoms with E-state index in [2.05, 4.69) is 10.6 Å². The molecule has 0 fully saturated rings. The second-order valence-electron chi connectivity index (χ2n) is 11.4. The molecule has 0 radical (unpaired) electrons. The number of nitrogens with zero attached hydrogens (tertiary/aromatic N) is 2. The second kappa shape index (κ2) is 21.2. The van der Waals surface area contributed by atoms with Gasteiger partial charge in [-0.3, -0.25) is 19.3 Å². The third-order valence-electron chi connectivity index (χ3n) is 6.91. The molecule has 0 saturated heterocycles. The maximum absolute atomic E-state index is 12.5. The molecule has 0 aliphatic carbocycles. The first-order chi connectivity index (χ1) is 19.1. The predicted octanol–water partition coefficient (Wildman–Crippen LogP) is 0.788. The Labute approximate surface area is 246 Å². The molecule has 0 spiro atoms. The molecule has 0 rings (SSSR count). The van der Waals surface area contributed by atoms with Gasteiger partial charge in [0.2, 0.25) is 0 Å². The van der Waals surface area contributed by atoms with E-state index in [4.69, 9.17) is 24.1 Å². The number of nitrogens with one attached hydrogen (secondary N) is 2. The number of hydroxylamine groups is 2. The van der Waals surface area contributed by atoms with Crippen LogP contribution >= 0.6 is 0 Å². The molecule has 13 nitrogen and oxygen atoms in total. The molecule has 0 heterocycles. The minimum Gasteiger partial charge on any atom is -0.785 e. The fraction of sp³-hybridized carbons (Fsp3) is 0.893. The summed E-state index contributed by atoms with van der Waals surface area (Å²) in [7, 11) is 3.35. The summed E-state index contributed by atoms with van der Waals surface area (Å²) in [6.45, 7) is 14.5. The Hall–Kier alpha value is -1.55. The standard InChI is InChI=1S/C28H55N4O9/c1-22(23(2)33)9-12-32(37)13-16-39-14-10-29-27(3,4)24(34)21-41-18-17-40-15-11-30-28(5,6)25(38-8)19-31(7)20-26(35)36/h22,25,29-30H,9-21H2,1-8H3,(H,35,36)/q-1/t22-,25?/m0/s1. The summed E-state index contributed by atoms with van der Waals surface area (Å²) in [5.74, 6) is -1.01. The molecule has 1 unspecified atom stereocenters. The van der Waals surface area contributed by atoms with E-state index in [1.54, 1.807) is 32.9 Å². The Morgan fingerprint density at radius 2 is 1.51 bits per heavy atom. The van der Waals surface area contributed by atoms with Crippen LogP contribution in [0.1, 0.15) is 48.0 Å². The Bertz CT molecular complexity index is 752. The summed E-state index contributed by atoms with van der Waals surface area (Å²) in [5, 5.41) is 28.2. The third kappa shape index (κ3) is 19.3. The van der Waals surface area contributed by atoms with E-state index in [-0.39, 0.29) is 56.5 Å². The first kappa shape index (κ1) is 39.5. The van der Waals surface area contributed by atoms with Crippen molar-refractivity contribution in [3.63, 3.8) is 0 Å². The summed E-state index contributed by atoms with van der Waals surface area (Å²) < 4.78 is 22.1. The van der Waals surface area contributed by atoms with Crippen molar-refractivity contribution in [1.29, 1.82) is 0 Å². The lowest BCUT2D eigenvalue weighted by Gasteiger charge is -2.36. The molecule has 0 bridgehead atoms. The predicted molar refractivity (Wildman–Crippen MR) is 157 cm³/mol. The SMILES string of the molecule is COC(CN(C)CC(=O)O)C(C)(C)NCCOCCOCC(=O)C(C)(C)NCCOCCN([O-])CC[C@H](C)C(C)=O. The van der Waals surface area contributed by atoms with E-state index in [1.165, 1.54) is 6.92 Å². The Balaban J connectivity index is 3.98. The van der Waals surface area contributed by atoms with Crippen LogP contribution in [0, 0.1) is 11.1 Å². The van der Waals surface area contributed by atoms with Crippen molar-refractivity contribution < 1.29 is 38.4 Å². The van der Waals surface area contributed by atoms with Gasteiger partial charge in [0, 0.05) is 44.7 Å². The van der Waals surface area contributed by atoms with Gasteiger partial charge in [0.25, 0.3) is 0 Å². The normalized spacial score (nSPS) is 14.0. The van der Waals surface area contributed by atoms with Crippen LogP contribution in [-0.2, 0) is 33.3 Å². The number of carbonyl (C=O) groups excluding carboxylic acids is 2. The summed E-state index contributed by atoms with van der Waals surface area (Å²) in [4.78, 5) is 36.4. The zero-order chi connectivity index (χ0) is 31.5. The Morgan fingerprint density at radius 1 is 0.927 bits per heavy atom. The molecule has 3 N–H and O–H groups in total. The summed E-state index contributed by atoms with van der Waals surface area (Å²) >= 11 is 0. The fourth-order valence-electron chi connectivity index (χ4n) is 3.76. The molecule has 13 heteroatoms. The average molecular weight is 592 g/mol. The monoisotopic (exact) mass is 591 g/mol. The van der Waals surface area contributed by atoms with E-state index >= 15 is 0 Å². The van der Waals surface area contributed by atoms with Crippen LogP contribution in [0.3, 0.4) is 0 Å². The van der Waals surface area contributed by atoms with Crippen molar-refractivity contribution in [2.75, 3.05) is 93.1 Å². The lowest BCUT2D eigenvalue weighted by Crippen LogP contribution is -2.55. The molecular weight excluding hydrogens is 536 g/mol. The largest absolute Gasteiger partial charge is 0.785 e. The van der Waals surface area contributed by atoms with Gasteiger partial charge in [-0.15, -0.1) is 0 Å². The highest BCUT2D eigenvalue weighted by Gasteiger charge is 2.30. The van der Waals surface area contributed by atoms with Gasteiger partial charge in [0.1, 0.15) is 12.4 Å². The summed E-state index contributed by atoms with van der Waals surface area (Å²) in [6.07, 6.45) is 0.318. The second-order valence-corrected chi connectivity index (χ2v) is 11.4. The minimum atomic E-state index is -0.884. The lowest BCUT2D eigenvalue weighted by atomic mass is 9.96. The number of hydrogen-bond donors (Lipinski definition) is 3. The zero-order valence-electron chi connectivity index (χ0n) is 26.5. The molecule has 0 aromatic carbocycles. The highest BCUT2D eigenvalue weighted by Crippen LogP contribution is 2.13. The Kier molecular flexibility index (Phi) is 20.4. The number of Topliss-reactive ketones (excluding diaryl/α,β-unsaturated/α-hetero) is 2. The average Bonchev–Trinajstić information content (AvgIpc) is 2.88. The van der Waals surface area contributed by atoms with Gasteiger partial charge in [-0.1, -0.05) is 6.92 Å². The fourth-order valence-corrected chi connectivity index (χ4v) is 3.76. The zero-order valence-corrected chi connectivity index (χ0v) is 26.5. The Morgan fingerprint density at radius 3 is 2.10 bits per heavy atom. The maximum atomic E-state index is 12.5. The number of hydrogen-bond acceptors (Lipinski definition) is 12. The number of methoxy groups -OCH3 is 1. The first-order valence-corrected chi connectivity index (χ1v) is 14.2. The number of likely N-dealkylation sites (N-methyl/N-ethyl adjacent to an activating group) is 1. The molecule has 0 aliphatic heterocycles. The highest BCUT2D eigenvalue weighted by molar-refractivity contribution is 5.88. The summed E-state index contributed by atoms with van der Waals surface area (Å²) in [6, 6.07) is 0. The van der Waals surface area contributed by atoms with E-state index < -0.39 is 17.0 Å². The van der Waals surface area contributed by atoms with Crippen molar-refractivity contribution in [2.45, 2.75) is 65.1 Å². The quantitative estimate of drug-likeness (QED) is 0.0909. The van der Waals surface area contributed by atoms with Gasteiger partial charge in [-0.2, -0.15) is 0 Å². The van der Waals surface area contributed by atoms with Crippen LogP contribution in [0.5, 0.6) is 0 Å². The van der Waals surface area contributed by atoms with Crippen LogP contribution in [-0.4, -0.2) is 143 Å². The number of ketones is 2. The molecule has 0 amide bonds. The smallest absolute Gasteiger partial charge is 0.317 e. The van der Waals surface area contributed by atoms with Crippen LogP contribution in [0.15, 0.2) is 0 Å². The van der Waals surface area contributed by atoms with Gasteiger partial charge in [-0.25, -0.2) is 0 Å². The molecule has 2 atom stereocenters. The van der Waals surface area contributed by atoms with Crippen molar-refractivity contribution in [2.24, 2.45) is 5.92 Å². The van der Waals surface area contributed by atoms with Crippen LogP contribution < -0.4 is 10.6 Å². The van der Waals surface area contributed by atoms with Crippen LogP contribution in [0.2, 0.25) is 0 Å². The van der Waals surface area contributed by atoms with Gasteiger partial charge in [0.05, 0.1) is 51.2 Å². The van der Waals surface area contributed by atoms with Crippen molar-refractivity contribution in [3.05, 3.63) is 5.21 Å². The maximum Gasteiger partial charge on any atom is 0.317 e. The van der Waals surface area contributed by atoms with E-state index in [0.717, 1.165) is 5.06 Å². The third-order valence-corrected chi connectivity index (χ3v) is 6.91. The molecule has 41 heavy (non-hydrogen) atoms. The number of aliphatic carboxylic acids is 1. The minimum absolute atomic E-state index is 0.0430. The molecule has 0 aromatic heterocycles.